The van der Waals surface area contributed by atoms with Gasteiger partial charge in [0.1, 0.15) is 11.6 Å². The third kappa shape index (κ3) is 4.63. The SMILES string of the molecule is CCC(NC(=O)C[C@@H](C)C1CC[C@H]2C3C(=O)CC4CC(=O)CCC4(C)[C@H]3CCC12C)c1ccc(C(C)=O)s1. The molecule has 0 radical (unpaired) electrons. The smallest absolute Gasteiger partial charge is 0.220 e. The maximum Gasteiger partial charge on any atom is 0.220 e. The van der Waals surface area contributed by atoms with Crippen LogP contribution >= 0.6 is 11.3 Å². The van der Waals surface area contributed by atoms with E-state index in [1.807, 2.05) is 12.1 Å². The molecule has 0 saturated heterocycles. The second-order valence-corrected chi connectivity index (χ2v) is 14.7. The zero-order valence-electron chi connectivity index (χ0n) is 23.8. The zero-order chi connectivity index (χ0) is 27.4. The van der Waals surface area contributed by atoms with Crippen LogP contribution in [0.25, 0.3) is 0 Å². The van der Waals surface area contributed by atoms with Crippen molar-refractivity contribution in [1.29, 1.82) is 0 Å². The van der Waals surface area contributed by atoms with Gasteiger partial charge >= 0.3 is 0 Å². The van der Waals surface area contributed by atoms with Crippen LogP contribution in [0, 0.1) is 46.3 Å². The Morgan fingerprint density at radius 3 is 2.47 bits per heavy atom. The number of hydrogen-bond acceptors (Lipinski definition) is 5. The summed E-state index contributed by atoms with van der Waals surface area (Å²) < 4.78 is 0. The van der Waals surface area contributed by atoms with Crippen LogP contribution in [-0.4, -0.2) is 23.3 Å². The highest BCUT2D eigenvalue weighted by molar-refractivity contribution is 7.14. The maximum atomic E-state index is 13.6. The van der Waals surface area contributed by atoms with Crippen molar-refractivity contribution >= 4 is 34.6 Å². The number of amides is 1. The molecule has 208 valence electrons. The minimum Gasteiger partial charge on any atom is -0.348 e. The first-order chi connectivity index (χ1) is 18.0. The number of thiophene rings is 1. The van der Waals surface area contributed by atoms with Gasteiger partial charge in [0.15, 0.2) is 5.78 Å². The predicted octanol–water partition coefficient (Wildman–Crippen LogP) is 6.95. The van der Waals surface area contributed by atoms with Crippen LogP contribution in [0.2, 0.25) is 0 Å². The van der Waals surface area contributed by atoms with E-state index < -0.39 is 0 Å². The number of nitrogens with one attached hydrogen (secondary N) is 1. The quantitative estimate of drug-likeness (QED) is 0.380. The molecular formula is C32H45NO4S. The summed E-state index contributed by atoms with van der Waals surface area (Å²) in [4.78, 5) is 52.5. The molecule has 4 aliphatic rings. The van der Waals surface area contributed by atoms with Gasteiger partial charge in [-0.1, -0.05) is 27.7 Å². The van der Waals surface area contributed by atoms with Gasteiger partial charge in [0.2, 0.25) is 5.91 Å². The molecule has 4 aliphatic carbocycles. The van der Waals surface area contributed by atoms with Gasteiger partial charge in [0.05, 0.1) is 10.9 Å². The van der Waals surface area contributed by atoms with Crippen LogP contribution in [0.5, 0.6) is 0 Å². The van der Waals surface area contributed by atoms with Gasteiger partial charge in [-0.15, -0.1) is 11.3 Å². The molecule has 1 heterocycles. The van der Waals surface area contributed by atoms with Crippen LogP contribution in [0.4, 0.5) is 0 Å². The Bertz CT molecular complexity index is 1120. The van der Waals surface area contributed by atoms with Crippen molar-refractivity contribution in [2.45, 2.75) is 105 Å². The lowest BCUT2D eigenvalue weighted by atomic mass is 9.44. The molecule has 0 aromatic carbocycles. The standard InChI is InChI=1S/C32H45NO4S/c1-6-25(28-10-9-27(38-28)19(3)34)33-29(37)15-18(2)22-7-8-23-30-24(12-14-32(22,23)5)31(4)13-11-21(35)16-20(31)17-26(30)36/h9-10,18,20,22-25,30H,6-8,11-17H2,1-5H3,(H,33,37)/t18-,20?,22?,23+,24+,25?,30?,31?,32?/m1/s1. The van der Waals surface area contributed by atoms with Gasteiger partial charge < -0.3 is 5.32 Å². The molecule has 0 spiro atoms. The normalized spacial score (nSPS) is 38.1. The van der Waals surface area contributed by atoms with Gasteiger partial charge in [-0.05, 0) is 98.0 Å². The largest absolute Gasteiger partial charge is 0.348 e. The van der Waals surface area contributed by atoms with Crippen LogP contribution < -0.4 is 5.32 Å². The highest BCUT2D eigenvalue weighted by atomic mass is 32.1. The van der Waals surface area contributed by atoms with Crippen LogP contribution in [0.15, 0.2) is 12.1 Å². The Labute approximate surface area is 231 Å². The van der Waals surface area contributed by atoms with E-state index in [-0.39, 0.29) is 46.3 Å². The number of hydrogen-bond donors (Lipinski definition) is 1. The minimum atomic E-state index is -0.0638. The van der Waals surface area contributed by atoms with Gasteiger partial charge in [-0.2, -0.15) is 0 Å². The first-order valence-corrected chi connectivity index (χ1v) is 15.7. The highest BCUT2D eigenvalue weighted by Gasteiger charge is 2.63. The monoisotopic (exact) mass is 539 g/mol. The van der Waals surface area contributed by atoms with Crippen molar-refractivity contribution in [3.05, 3.63) is 21.9 Å². The third-order valence-electron chi connectivity index (χ3n) is 11.6. The summed E-state index contributed by atoms with van der Waals surface area (Å²) >= 11 is 1.48. The number of fused-ring (bicyclic) bond motifs is 5. The molecule has 6 heteroatoms. The van der Waals surface area contributed by atoms with Crippen molar-refractivity contribution in [3.8, 4) is 0 Å². The lowest BCUT2D eigenvalue weighted by molar-refractivity contribution is -0.159. The fraction of sp³-hybridized carbons (Fsp3) is 0.750. The minimum absolute atomic E-state index is 0.0627. The van der Waals surface area contributed by atoms with Gasteiger partial charge in [0.25, 0.3) is 0 Å². The van der Waals surface area contributed by atoms with Crippen molar-refractivity contribution in [1.82, 2.24) is 5.32 Å². The predicted molar refractivity (Wildman–Crippen MR) is 150 cm³/mol. The number of rotatable bonds is 7. The Hall–Kier alpha value is -1.82. The Morgan fingerprint density at radius 2 is 1.79 bits per heavy atom. The first-order valence-electron chi connectivity index (χ1n) is 14.9. The molecule has 1 N–H and O–H groups in total. The van der Waals surface area contributed by atoms with Crippen molar-refractivity contribution in [3.63, 3.8) is 0 Å². The van der Waals surface area contributed by atoms with Gasteiger partial charge in [0, 0.05) is 36.5 Å². The van der Waals surface area contributed by atoms with Crippen molar-refractivity contribution < 1.29 is 19.2 Å². The molecule has 6 unspecified atom stereocenters. The van der Waals surface area contributed by atoms with E-state index >= 15 is 0 Å². The molecule has 1 aromatic rings. The highest BCUT2D eigenvalue weighted by Crippen LogP contribution is 2.67. The molecule has 9 atom stereocenters. The summed E-state index contributed by atoms with van der Waals surface area (Å²) in [5, 5.41) is 3.24. The lowest BCUT2D eigenvalue weighted by Gasteiger charge is -2.59. The second-order valence-electron chi connectivity index (χ2n) is 13.6. The van der Waals surface area contributed by atoms with E-state index in [0.29, 0.717) is 55.0 Å². The van der Waals surface area contributed by atoms with E-state index in [0.717, 1.165) is 48.3 Å². The molecule has 1 aromatic heterocycles. The van der Waals surface area contributed by atoms with Crippen LogP contribution in [-0.2, 0) is 14.4 Å². The fourth-order valence-corrected chi connectivity index (χ4v) is 10.5. The molecule has 4 saturated carbocycles. The summed E-state index contributed by atoms with van der Waals surface area (Å²) in [7, 11) is 0. The van der Waals surface area contributed by atoms with Crippen LogP contribution in [0.1, 0.15) is 119 Å². The topological polar surface area (TPSA) is 80.3 Å². The average Bonchev–Trinajstić information content (AvgIpc) is 3.48. The number of carbonyl (C=O) groups is 4. The molecule has 5 nitrogen and oxygen atoms in total. The number of ketones is 3. The average molecular weight is 540 g/mol. The van der Waals surface area contributed by atoms with E-state index in [9.17, 15) is 19.2 Å². The van der Waals surface area contributed by atoms with E-state index in [1.54, 1.807) is 6.92 Å². The number of Topliss-reactive ketones (excluding diaryl/α,β-unsaturated/α-hetero) is 3. The lowest BCUT2D eigenvalue weighted by Crippen LogP contribution is -2.57. The maximum absolute atomic E-state index is 13.6. The fourth-order valence-electron chi connectivity index (χ4n) is 9.49. The second kappa shape index (κ2) is 10.3. The summed E-state index contributed by atoms with van der Waals surface area (Å²) in [6.07, 6.45) is 8.49. The van der Waals surface area contributed by atoms with Gasteiger partial charge in [-0.25, -0.2) is 0 Å². The molecular weight excluding hydrogens is 494 g/mol. The van der Waals surface area contributed by atoms with E-state index in [4.69, 9.17) is 0 Å². The van der Waals surface area contributed by atoms with Crippen molar-refractivity contribution in [2.75, 3.05) is 0 Å². The van der Waals surface area contributed by atoms with E-state index in [1.165, 1.54) is 11.3 Å². The Morgan fingerprint density at radius 1 is 1.05 bits per heavy atom. The van der Waals surface area contributed by atoms with Crippen molar-refractivity contribution in [2.24, 2.45) is 46.3 Å². The molecule has 38 heavy (non-hydrogen) atoms. The number of carbonyl (C=O) groups excluding carboxylic acids is 4. The van der Waals surface area contributed by atoms with Crippen LogP contribution in [0.3, 0.4) is 0 Å². The zero-order valence-corrected chi connectivity index (χ0v) is 24.6. The van der Waals surface area contributed by atoms with Gasteiger partial charge in [-0.3, -0.25) is 19.2 Å². The molecule has 5 rings (SSSR count). The molecule has 4 fully saturated rings. The molecule has 1 amide bonds. The molecule has 0 bridgehead atoms. The third-order valence-corrected chi connectivity index (χ3v) is 12.9. The summed E-state index contributed by atoms with van der Waals surface area (Å²) in [6, 6.07) is 3.76. The summed E-state index contributed by atoms with van der Waals surface area (Å²) in [5.74, 6) is 2.79. The first kappa shape index (κ1) is 27.7. The Kier molecular flexibility index (Phi) is 7.52. The summed E-state index contributed by atoms with van der Waals surface area (Å²) in [6.45, 7) is 10.7. The Balaban J connectivity index is 1.26. The van der Waals surface area contributed by atoms with E-state index in [2.05, 4.69) is 33.0 Å². The summed E-state index contributed by atoms with van der Waals surface area (Å²) in [5.41, 5.74) is 0.217. The molecule has 0 aliphatic heterocycles.